The van der Waals surface area contributed by atoms with Crippen LogP contribution < -0.4 is 5.56 Å². The third-order valence-electron chi connectivity index (χ3n) is 4.57. The molecule has 1 aliphatic heterocycles. The molecule has 114 valence electrons. The van der Waals surface area contributed by atoms with Gasteiger partial charge in [0.15, 0.2) is 0 Å². The lowest BCUT2D eigenvalue weighted by molar-refractivity contribution is -0.133. The lowest BCUT2D eigenvalue weighted by Crippen LogP contribution is -2.42. The Bertz CT molecular complexity index is 594. The van der Waals surface area contributed by atoms with Gasteiger partial charge in [0.2, 0.25) is 5.91 Å². The lowest BCUT2D eigenvalue weighted by Gasteiger charge is -2.31. The minimum Gasteiger partial charge on any atom is -0.341 e. The first kappa shape index (κ1) is 14.3. The third kappa shape index (κ3) is 3.17. The first-order valence-corrected chi connectivity index (χ1v) is 8.01. The SMILES string of the molecule is C[C@@H]1CCCN(C(=O)Cn2nc3c(cc2=O)CCCC3)C1. The molecule has 1 fully saturated rings. The normalized spacial score (nSPS) is 22.0. The van der Waals surface area contributed by atoms with Gasteiger partial charge in [-0.2, -0.15) is 5.10 Å². The second kappa shape index (κ2) is 6.00. The number of rotatable bonds is 2. The summed E-state index contributed by atoms with van der Waals surface area (Å²) in [4.78, 5) is 26.3. The van der Waals surface area contributed by atoms with Gasteiger partial charge >= 0.3 is 0 Å². The van der Waals surface area contributed by atoms with Crippen LogP contribution in [0.1, 0.15) is 43.9 Å². The van der Waals surface area contributed by atoms with Crippen LogP contribution in [-0.4, -0.2) is 33.7 Å². The number of carbonyl (C=O) groups excluding carboxylic acids is 1. The van der Waals surface area contributed by atoms with Gasteiger partial charge in [-0.1, -0.05) is 6.92 Å². The summed E-state index contributed by atoms with van der Waals surface area (Å²) in [7, 11) is 0. The number of aryl methyl sites for hydroxylation is 2. The summed E-state index contributed by atoms with van der Waals surface area (Å²) < 4.78 is 1.35. The van der Waals surface area contributed by atoms with Crippen molar-refractivity contribution in [3.05, 3.63) is 27.7 Å². The number of hydrogen-bond donors (Lipinski definition) is 0. The fourth-order valence-corrected chi connectivity index (χ4v) is 3.36. The Morgan fingerprint density at radius 1 is 1.33 bits per heavy atom. The van der Waals surface area contributed by atoms with Crippen LogP contribution in [0.4, 0.5) is 0 Å². The maximum absolute atomic E-state index is 12.4. The van der Waals surface area contributed by atoms with Gasteiger partial charge in [-0.15, -0.1) is 0 Å². The molecule has 0 aromatic carbocycles. The molecular weight excluding hydrogens is 266 g/mol. The zero-order chi connectivity index (χ0) is 14.8. The molecule has 1 aromatic rings. The Kier molecular flexibility index (Phi) is 4.08. The number of nitrogens with zero attached hydrogens (tertiary/aromatic N) is 3. The summed E-state index contributed by atoms with van der Waals surface area (Å²) in [6.45, 7) is 3.86. The molecule has 0 unspecified atom stereocenters. The van der Waals surface area contributed by atoms with Crippen molar-refractivity contribution in [2.24, 2.45) is 5.92 Å². The fraction of sp³-hybridized carbons (Fsp3) is 0.688. The lowest BCUT2D eigenvalue weighted by atomic mass is 9.97. The van der Waals surface area contributed by atoms with E-state index in [-0.39, 0.29) is 18.0 Å². The largest absolute Gasteiger partial charge is 0.341 e. The van der Waals surface area contributed by atoms with Gasteiger partial charge in [-0.05, 0) is 50.0 Å². The molecule has 3 rings (SSSR count). The highest BCUT2D eigenvalue weighted by Crippen LogP contribution is 2.18. The molecule has 1 aromatic heterocycles. The Balaban J connectivity index is 1.75. The molecule has 0 bridgehead atoms. The number of fused-ring (bicyclic) bond motifs is 1. The Hall–Kier alpha value is -1.65. The van der Waals surface area contributed by atoms with E-state index in [2.05, 4.69) is 12.0 Å². The average Bonchev–Trinajstić information content (AvgIpc) is 2.48. The van der Waals surface area contributed by atoms with Gasteiger partial charge in [-0.25, -0.2) is 4.68 Å². The second-order valence-electron chi connectivity index (χ2n) is 6.41. The number of likely N-dealkylation sites (tertiary alicyclic amines) is 1. The van der Waals surface area contributed by atoms with E-state index >= 15 is 0 Å². The molecule has 2 aliphatic rings. The number of carbonyl (C=O) groups is 1. The van der Waals surface area contributed by atoms with Crippen LogP contribution in [0.15, 0.2) is 10.9 Å². The van der Waals surface area contributed by atoms with Crippen LogP contribution in [-0.2, 0) is 24.2 Å². The molecule has 5 nitrogen and oxygen atoms in total. The predicted octanol–water partition coefficient (Wildman–Crippen LogP) is 1.38. The van der Waals surface area contributed by atoms with Gasteiger partial charge < -0.3 is 4.90 Å². The topological polar surface area (TPSA) is 55.2 Å². The van der Waals surface area contributed by atoms with E-state index in [0.29, 0.717) is 5.92 Å². The molecule has 0 saturated carbocycles. The molecule has 1 atom stereocenters. The number of hydrogen-bond acceptors (Lipinski definition) is 3. The summed E-state index contributed by atoms with van der Waals surface area (Å²) in [6.07, 6.45) is 6.35. The number of amides is 1. The first-order valence-electron chi connectivity index (χ1n) is 8.01. The van der Waals surface area contributed by atoms with Crippen molar-refractivity contribution in [1.29, 1.82) is 0 Å². The zero-order valence-electron chi connectivity index (χ0n) is 12.7. The van der Waals surface area contributed by atoms with Crippen molar-refractivity contribution in [2.45, 2.75) is 52.0 Å². The molecule has 0 spiro atoms. The van der Waals surface area contributed by atoms with Crippen LogP contribution in [0.2, 0.25) is 0 Å². The molecule has 1 saturated heterocycles. The standard InChI is InChI=1S/C16H23N3O2/c1-12-5-4-8-18(10-12)16(21)11-19-15(20)9-13-6-2-3-7-14(13)17-19/h9,12H,2-8,10-11H2,1H3/t12-/m1/s1. The highest BCUT2D eigenvalue weighted by atomic mass is 16.2. The molecule has 0 N–H and O–H groups in total. The van der Waals surface area contributed by atoms with Gasteiger partial charge in [0.05, 0.1) is 5.69 Å². The molecule has 2 heterocycles. The predicted molar refractivity (Wildman–Crippen MR) is 80.1 cm³/mol. The summed E-state index contributed by atoms with van der Waals surface area (Å²) >= 11 is 0. The smallest absolute Gasteiger partial charge is 0.267 e. The first-order chi connectivity index (χ1) is 10.1. The van der Waals surface area contributed by atoms with E-state index in [4.69, 9.17) is 0 Å². The van der Waals surface area contributed by atoms with Gasteiger partial charge in [0.25, 0.3) is 5.56 Å². The van der Waals surface area contributed by atoms with Crippen molar-refractivity contribution >= 4 is 5.91 Å². The van der Waals surface area contributed by atoms with Crippen molar-refractivity contribution in [3.63, 3.8) is 0 Å². The average molecular weight is 289 g/mol. The van der Waals surface area contributed by atoms with Gasteiger partial charge in [-0.3, -0.25) is 9.59 Å². The van der Waals surface area contributed by atoms with Crippen molar-refractivity contribution in [2.75, 3.05) is 13.1 Å². The van der Waals surface area contributed by atoms with E-state index in [1.54, 1.807) is 6.07 Å². The minimum absolute atomic E-state index is 0.0203. The van der Waals surface area contributed by atoms with E-state index in [0.717, 1.165) is 56.5 Å². The second-order valence-corrected chi connectivity index (χ2v) is 6.41. The Labute approximate surface area is 124 Å². The highest BCUT2D eigenvalue weighted by molar-refractivity contribution is 5.76. The summed E-state index contributed by atoms with van der Waals surface area (Å²) in [5.41, 5.74) is 1.93. The number of piperidine rings is 1. The van der Waals surface area contributed by atoms with Crippen LogP contribution in [0.5, 0.6) is 0 Å². The van der Waals surface area contributed by atoms with Crippen LogP contribution in [0.3, 0.4) is 0 Å². The highest BCUT2D eigenvalue weighted by Gasteiger charge is 2.22. The van der Waals surface area contributed by atoms with Crippen molar-refractivity contribution in [1.82, 2.24) is 14.7 Å². The molecule has 21 heavy (non-hydrogen) atoms. The van der Waals surface area contributed by atoms with Crippen LogP contribution in [0.25, 0.3) is 0 Å². The van der Waals surface area contributed by atoms with Gasteiger partial charge in [0, 0.05) is 19.2 Å². The maximum atomic E-state index is 12.4. The minimum atomic E-state index is -0.144. The zero-order valence-corrected chi connectivity index (χ0v) is 12.7. The summed E-state index contributed by atoms with van der Waals surface area (Å²) in [5, 5.41) is 4.42. The molecule has 1 aliphatic carbocycles. The van der Waals surface area contributed by atoms with Gasteiger partial charge in [0.1, 0.15) is 6.54 Å². The summed E-state index contributed by atoms with van der Waals surface area (Å²) in [5.74, 6) is 0.572. The Morgan fingerprint density at radius 3 is 2.95 bits per heavy atom. The van der Waals surface area contributed by atoms with Crippen LogP contribution in [0, 0.1) is 5.92 Å². The molecule has 5 heteroatoms. The fourth-order valence-electron chi connectivity index (χ4n) is 3.36. The van der Waals surface area contributed by atoms with E-state index in [1.165, 1.54) is 11.1 Å². The maximum Gasteiger partial charge on any atom is 0.267 e. The van der Waals surface area contributed by atoms with E-state index in [9.17, 15) is 9.59 Å². The molecular formula is C16H23N3O2. The monoisotopic (exact) mass is 289 g/mol. The molecule has 0 radical (unpaired) electrons. The van der Waals surface area contributed by atoms with E-state index < -0.39 is 0 Å². The Morgan fingerprint density at radius 2 is 2.14 bits per heavy atom. The van der Waals surface area contributed by atoms with Crippen molar-refractivity contribution in [3.8, 4) is 0 Å². The summed E-state index contributed by atoms with van der Waals surface area (Å²) in [6, 6.07) is 1.67. The van der Waals surface area contributed by atoms with Crippen LogP contribution >= 0.6 is 0 Å². The van der Waals surface area contributed by atoms with Crippen molar-refractivity contribution < 1.29 is 4.79 Å². The van der Waals surface area contributed by atoms with E-state index in [1.807, 2.05) is 4.90 Å². The quantitative estimate of drug-likeness (QED) is 0.826. The molecule has 1 amide bonds. The third-order valence-corrected chi connectivity index (χ3v) is 4.57. The number of aromatic nitrogens is 2.